The minimum atomic E-state index is -0.783. The van der Waals surface area contributed by atoms with Crippen LogP contribution in [0.4, 0.5) is 11.4 Å². The van der Waals surface area contributed by atoms with E-state index in [1.807, 2.05) is 12.3 Å². The van der Waals surface area contributed by atoms with Crippen molar-refractivity contribution in [2.75, 3.05) is 18.2 Å². The molecule has 25 heavy (non-hydrogen) atoms. The normalized spacial score (nSPS) is 10.2. The summed E-state index contributed by atoms with van der Waals surface area (Å²) in [5.41, 5.74) is 0.684. The molecule has 0 unspecified atom stereocenters. The van der Waals surface area contributed by atoms with Gasteiger partial charge in [0.25, 0.3) is 11.6 Å². The molecule has 8 heteroatoms. The molecule has 0 saturated heterocycles. The van der Waals surface area contributed by atoms with Crippen LogP contribution in [0.15, 0.2) is 47.4 Å². The zero-order valence-electron chi connectivity index (χ0n) is 13.6. The SMILES string of the molecule is CSc1cccc(NC(=O)COC(=O)c2cccc([N+](=O)[O-])c2C)c1. The Balaban J connectivity index is 1.99. The highest BCUT2D eigenvalue weighted by atomic mass is 32.2. The van der Waals surface area contributed by atoms with Crippen molar-refractivity contribution in [3.8, 4) is 0 Å². The van der Waals surface area contributed by atoms with Crippen molar-refractivity contribution in [1.29, 1.82) is 0 Å². The maximum atomic E-state index is 12.1. The second-order valence-corrected chi connectivity index (χ2v) is 5.94. The molecule has 0 saturated carbocycles. The molecule has 130 valence electrons. The highest BCUT2D eigenvalue weighted by Crippen LogP contribution is 2.22. The summed E-state index contributed by atoms with van der Waals surface area (Å²) in [5, 5.41) is 13.5. The van der Waals surface area contributed by atoms with Crippen molar-refractivity contribution in [2.45, 2.75) is 11.8 Å². The number of rotatable bonds is 6. The van der Waals surface area contributed by atoms with Crippen LogP contribution in [0.2, 0.25) is 0 Å². The van der Waals surface area contributed by atoms with Gasteiger partial charge in [-0.25, -0.2) is 4.79 Å². The largest absolute Gasteiger partial charge is 0.452 e. The first-order chi connectivity index (χ1) is 11.9. The molecule has 0 spiro atoms. The van der Waals surface area contributed by atoms with Gasteiger partial charge in [0.05, 0.1) is 10.5 Å². The highest BCUT2D eigenvalue weighted by molar-refractivity contribution is 7.98. The maximum Gasteiger partial charge on any atom is 0.339 e. The Morgan fingerprint density at radius 2 is 1.96 bits per heavy atom. The van der Waals surface area contributed by atoms with Crippen LogP contribution in [0.5, 0.6) is 0 Å². The number of ether oxygens (including phenoxy) is 1. The Morgan fingerprint density at radius 3 is 2.64 bits per heavy atom. The fraction of sp³-hybridized carbons (Fsp3) is 0.176. The Kier molecular flexibility index (Phi) is 6.13. The molecule has 0 aliphatic heterocycles. The van der Waals surface area contributed by atoms with Crippen LogP contribution < -0.4 is 5.32 Å². The molecule has 2 aromatic rings. The number of nitrogens with one attached hydrogen (secondary N) is 1. The van der Waals surface area contributed by atoms with Gasteiger partial charge in [0, 0.05) is 22.2 Å². The topological polar surface area (TPSA) is 98.5 Å². The van der Waals surface area contributed by atoms with E-state index in [2.05, 4.69) is 5.32 Å². The number of carbonyl (C=O) groups is 2. The predicted octanol–water partition coefficient (Wildman–Crippen LogP) is 3.42. The Labute approximate surface area is 148 Å². The lowest BCUT2D eigenvalue weighted by Gasteiger charge is -2.09. The standard InChI is InChI=1S/C17H16N2O5S/c1-11-14(7-4-8-15(11)19(22)23)17(21)24-10-16(20)18-12-5-3-6-13(9-12)25-2/h3-9H,10H2,1-2H3,(H,18,20). The summed E-state index contributed by atoms with van der Waals surface area (Å²) < 4.78 is 4.96. The number of thioether (sulfide) groups is 1. The van der Waals surface area contributed by atoms with Crippen LogP contribution >= 0.6 is 11.8 Å². The van der Waals surface area contributed by atoms with Crippen LogP contribution in [-0.2, 0) is 9.53 Å². The van der Waals surface area contributed by atoms with E-state index in [0.29, 0.717) is 5.69 Å². The molecule has 1 N–H and O–H groups in total. The zero-order valence-corrected chi connectivity index (χ0v) is 14.5. The molecule has 0 aromatic heterocycles. The van der Waals surface area contributed by atoms with E-state index < -0.39 is 23.4 Å². The van der Waals surface area contributed by atoms with Crippen molar-refractivity contribution < 1.29 is 19.2 Å². The molecule has 0 atom stereocenters. The number of benzene rings is 2. The zero-order chi connectivity index (χ0) is 18.4. The molecular formula is C17H16N2O5S. The summed E-state index contributed by atoms with van der Waals surface area (Å²) in [4.78, 5) is 35.3. The summed E-state index contributed by atoms with van der Waals surface area (Å²) >= 11 is 1.54. The van der Waals surface area contributed by atoms with Gasteiger partial charge in [0.2, 0.25) is 0 Å². The molecule has 2 rings (SSSR count). The van der Waals surface area contributed by atoms with E-state index in [1.165, 1.54) is 36.9 Å². The summed E-state index contributed by atoms with van der Waals surface area (Å²) in [7, 11) is 0. The summed E-state index contributed by atoms with van der Waals surface area (Å²) in [5.74, 6) is -1.27. The third kappa shape index (κ3) is 4.80. The number of anilines is 1. The fourth-order valence-corrected chi connectivity index (χ4v) is 2.61. The lowest BCUT2D eigenvalue weighted by Crippen LogP contribution is -2.21. The number of nitro groups is 1. The Hall–Kier alpha value is -2.87. The molecule has 7 nitrogen and oxygen atoms in total. The fourth-order valence-electron chi connectivity index (χ4n) is 2.15. The number of esters is 1. The van der Waals surface area contributed by atoms with E-state index in [9.17, 15) is 19.7 Å². The monoisotopic (exact) mass is 360 g/mol. The summed E-state index contributed by atoms with van der Waals surface area (Å²) in [6.45, 7) is 0.979. The van der Waals surface area contributed by atoms with Crippen LogP contribution in [0.25, 0.3) is 0 Å². The maximum absolute atomic E-state index is 12.1. The van der Waals surface area contributed by atoms with Crippen molar-refractivity contribution >= 4 is 35.0 Å². The van der Waals surface area contributed by atoms with E-state index in [1.54, 1.807) is 18.2 Å². The van der Waals surface area contributed by atoms with Gasteiger partial charge in [0.15, 0.2) is 6.61 Å². The highest BCUT2D eigenvalue weighted by Gasteiger charge is 2.19. The number of hydrogen-bond acceptors (Lipinski definition) is 6. The number of nitrogens with zero attached hydrogens (tertiary/aromatic N) is 1. The third-order valence-electron chi connectivity index (χ3n) is 3.41. The van der Waals surface area contributed by atoms with Gasteiger partial charge in [-0.15, -0.1) is 11.8 Å². The molecule has 0 aliphatic rings. The summed E-state index contributed by atoms with van der Waals surface area (Å²) in [6, 6.07) is 11.4. The van der Waals surface area contributed by atoms with E-state index in [-0.39, 0.29) is 16.8 Å². The second-order valence-electron chi connectivity index (χ2n) is 5.06. The average molecular weight is 360 g/mol. The Bertz CT molecular complexity index is 822. The van der Waals surface area contributed by atoms with Crippen LogP contribution in [-0.4, -0.2) is 29.7 Å². The van der Waals surface area contributed by atoms with Gasteiger partial charge in [-0.2, -0.15) is 0 Å². The average Bonchev–Trinajstić information content (AvgIpc) is 2.59. The second kappa shape index (κ2) is 8.29. The molecule has 0 bridgehead atoms. The molecule has 2 aromatic carbocycles. The van der Waals surface area contributed by atoms with E-state index >= 15 is 0 Å². The first kappa shape index (κ1) is 18.5. The molecular weight excluding hydrogens is 344 g/mol. The first-order valence-electron chi connectivity index (χ1n) is 7.27. The molecule has 0 heterocycles. The molecule has 0 fully saturated rings. The van der Waals surface area contributed by atoms with Crippen molar-refractivity contribution in [2.24, 2.45) is 0 Å². The van der Waals surface area contributed by atoms with Crippen LogP contribution in [0, 0.1) is 17.0 Å². The van der Waals surface area contributed by atoms with Gasteiger partial charge < -0.3 is 10.1 Å². The third-order valence-corrected chi connectivity index (χ3v) is 4.14. The van der Waals surface area contributed by atoms with Gasteiger partial charge in [0.1, 0.15) is 0 Å². The molecule has 0 aliphatic carbocycles. The van der Waals surface area contributed by atoms with Crippen molar-refractivity contribution in [3.05, 3.63) is 63.7 Å². The van der Waals surface area contributed by atoms with Crippen molar-refractivity contribution in [3.63, 3.8) is 0 Å². The number of amides is 1. The number of carbonyl (C=O) groups excluding carboxylic acids is 2. The minimum Gasteiger partial charge on any atom is -0.452 e. The van der Waals surface area contributed by atoms with Crippen molar-refractivity contribution in [1.82, 2.24) is 0 Å². The smallest absolute Gasteiger partial charge is 0.339 e. The quantitative estimate of drug-likeness (QED) is 0.367. The first-order valence-corrected chi connectivity index (χ1v) is 8.50. The van der Waals surface area contributed by atoms with Gasteiger partial charge in [-0.3, -0.25) is 14.9 Å². The van der Waals surface area contributed by atoms with Gasteiger partial charge >= 0.3 is 5.97 Å². The summed E-state index contributed by atoms with van der Waals surface area (Å²) in [6.07, 6.45) is 1.92. The van der Waals surface area contributed by atoms with Crippen LogP contribution in [0.1, 0.15) is 15.9 Å². The lowest BCUT2D eigenvalue weighted by molar-refractivity contribution is -0.385. The van der Waals surface area contributed by atoms with Crippen LogP contribution in [0.3, 0.4) is 0 Å². The van der Waals surface area contributed by atoms with E-state index in [0.717, 1.165) is 4.90 Å². The van der Waals surface area contributed by atoms with E-state index in [4.69, 9.17) is 4.74 Å². The van der Waals surface area contributed by atoms with Gasteiger partial charge in [-0.05, 0) is 37.4 Å². The number of hydrogen-bond donors (Lipinski definition) is 1. The molecule has 0 radical (unpaired) electrons. The Morgan fingerprint density at radius 1 is 1.24 bits per heavy atom. The number of nitro benzene ring substituents is 1. The lowest BCUT2D eigenvalue weighted by atomic mass is 10.1. The molecule has 1 amide bonds. The minimum absolute atomic E-state index is 0.0615. The van der Waals surface area contributed by atoms with Gasteiger partial charge in [-0.1, -0.05) is 12.1 Å². The predicted molar refractivity (Wildman–Crippen MR) is 95.0 cm³/mol.